The number of nitrogens with one attached hydrogen (secondary N) is 1. The molecule has 1 N–H and O–H groups in total. The first-order valence-corrected chi connectivity index (χ1v) is 11.5. The first kappa shape index (κ1) is 21.3. The zero-order valence-electron chi connectivity index (χ0n) is 15.1. The maximum Gasteiger partial charge on any atom is 0.232 e. The topological polar surface area (TPSA) is 79.6 Å². The number of hydrogen-bond donors (Lipinski definition) is 1. The van der Waals surface area contributed by atoms with Crippen molar-refractivity contribution in [3.8, 4) is 0 Å². The Kier molecular flexibility index (Phi) is 8.18. The molecule has 0 radical (unpaired) electrons. The quantitative estimate of drug-likeness (QED) is 0.572. The van der Waals surface area contributed by atoms with E-state index in [4.69, 9.17) is 4.42 Å². The lowest BCUT2D eigenvalue weighted by atomic mass is 10.2. The standard InChI is InChI=1S/C18H23FN2O4S2/c1-27(23,24)21(16-8-6-15(19)7-9-16)11-2-5-18(22)20-10-13-26-14-17-4-3-12-25-17/h3-4,6-9,12H,2,5,10-11,13-14H2,1H3,(H,20,22). The summed E-state index contributed by atoms with van der Waals surface area (Å²) in [4.78, 5) is 11.9. The molecule has 0 bridgehead atoms. The summed E-state index contributed by atoms with van der Waals surface area (Å²) in [5.41, 5.74) is 0.383. The molecular formula is C18H23FN2O4S2. The highest BCUT2D eigenvalue weighted by atomic mass is 32.2. The number of carbonyl (C=O) groups is 1. The highest BCUT2D eigenvalue weighted by Gasteiger charge is 2.17. The van der Waals surface area contributed by atoms with Crippen LogP contribution >= 0.6 is 11.8 Å². The molecule has 6 nitrogen and oxygen atoms in total. The number of sulfonamides is 1. The lowest BCUT2D eigenvalue weighted by Gasteiger charge is -2.22. The van der Waals surface area contributed by atoms with Crippen molar-refractivity contribution in [2.75, 3.05) is 29.4 Å². The van der Waals surface area contributed by atoms with Crippen molar-refractivity contribution >= 4 is 33.4 Å². The van der Waals surface area contributed by atoms with Crippen molar-refractivity contribution in [3.63, 3.8) is 0 Å². The molecule has 9 heteroatoms. The van der Waals surface area contributed by atoms with E-state index in [-0.39, 0.29) is 18.9 Å². The summed E-state index contributed by atoms with van der Waals surface area (Å²) in [6.45, 7) is 0.698. The molecule has 1 amide bonds. The maximum absolute atomic E-state index is 13.0. The Morgan fingerprint density at radius 3 is 2.63 bits per heavy atom. The van der Waals surface area contributed by atoms with E-state index in [9.17, 15) is 17.6 Å². The molecule has 0 aliphatic carbocycles. The monoisotopic (exact) mass is 414 g/mol. The molecule has 0 unspecified atom stereocenters. The van der Waals surface area contributed by atoms with E-state index >= 15 is 0 Å². The molecule has 2 rings (SSSR count). The van der Waals surface area contributed by atoms with Crippen molar-refractivity contribution in [1.82, 2.24) is 5.32 Å². The molecule has 27 heavy (non-hydrogen) atoms. The van der Waals surface area contributed by atoms with Crippen LogP contribution in [0.4, 0.5) is 10.1 Å². The van der Waals surface area contributed by atoms with Gasteiger partial charge in [-0.15, -0.1) is 0 Å². The number of halogens is 1. The second-order valence-corrected chi connectivity index (χ2v) is 8.91. The van der Waals surface area contributed by atoms with Gasteiger partial charge >= 0.3 is 0 Å². The zero-order valence-corrected chi connectivity index (χ0v) is 16.7. The average Bonchev–Trinajstić information content (AvgIpc) is 3.12. The molecule has 0 aliphatic heterocycles. The molecule has 1 aromatic heterocycles. The number of rotatable bonds is 11. The normalized spacial score (nSPS) is 11.3. The van der Waals surface area contributed by atoms with Crippen LogP contribution in [0.5, 0.6) is 0 Å². The van der Waals surface area contributed by atoms with E-state index in [1.165, 1.54) is 28.6 Å². The number of amides is 1. The largest absolute Gasteiger partial charge is 0.468 e. The fraction of sp³-hybridized carbons (Fsp3) is 0.389. The van der Waals surface area contributed by atoms with Gasteiger partial charge in [0.1, 0.15) is 11.6 Å². The van der Waals surface area contributed by atoms with Crippen molar-refractivity contribution in [2.45, 2.75) is 18.6 Å². The molecule has 0 spiro atoms. The van der Waals surface area contributed by atoms with Gasteiger partial charge in [0.05, 0.1) is 24.0 Å². The summed E-state index contributed by atoms with van der Waals surface area (Å²) >= 11 is 1.66. The molecule has 0 saturated carbocycles. The Balaban J connectivity index is 1.69. The minimum absolute atomic E-state index is 0.124. The molecular weight excluding hydrogens is 391 g/mol. The van der Waals surface area contributed by atoms with E-state index in [0.29, 0.717) is 18.7 Å². The molecule has 148 valence electrons. The zero-order chi connectivity index (χ0) is 19.7. The van der Waals surface area contributed by atoms with Crippen molar-refractivity contribution < 1.29 is 22.0 Å². The van der Waals surface area contributed by atoms with Gasteiger partial charge in [0.25, 0.3) is 0 Å². The Morgan fingerprint density at radius 2 is 2.00 bits per heavy atom. The Morgan fingerprint density at radius 1 is 1.26 bits per heavy atom. The van der Waals surface area contributed by atoms with Gasteiger partial charge in [-0.25, -0.2) is 12.8 Å². The van der Waals surface area contributed by atoms with E-state index < -0.39 is 15.8 Å². The predicted molar refractivity (Wildman–Crippen MR) is 106 cm³/mol. The summed E-state index contributed by atoms with van der Waals surface area (Å²) in [6, 6.07) is 8.98. The SMILES string of the molecule is CS(=O)(=O)N(CCCC(=O)NCCSCc1ccco1)c1ccc(F)cc1. The van der Waals surface area contributed by atoms with Crippen molar-refractivity contribution in [2.24, 2.45) is 0 Å². The van der Waals surface area contributed by atoms with Gasteiger partial charge in [0.15, 0.2) is 0 Å². The van der Waals surface area contributed by atoms with Crippen LogP contribution in [0.2, 0.25) is 0 Å². The van der Waals surface area contributed by atoms with E-state index in [2.05, 4.69) is 5.32 Å². The fourth-order valence-corrected chi connectivity index (χ4v) is 4.12. The summed E-state index contributed by atoms with van der Waals surface area (Å²) in [7, 11) is -3.51. The van der Waals surface area contributed by atoms with Crippen molar-refractivity contribution in [1.29, 1.82) is 0 Å². The Hall–Kier alpha value is -2.00. The van der Waals surface area contributed by atoms with Gasteiger partial charge in [-0.3, -0.25) is 9.10 Å². The van der Waals surface area contributed by atoms with Crippen LogP contribution in [-0.4, -0.2) is 39.4 Å². The lowest BCUT2D eigenvalue weighted by Crippen LogP contribution is -2.32. The fourth-order valence-electron chi connectivity index (χ4n) is 2.40. The van der Waals surface area contributed by atoms with Crippen LogP contribution in [0.25, 0.3) is 0 Å². The third-order valence-corrected chi connectivity index (χ3v) is 5.85. The molecule has 2 aromatic rings. The minimum Gasteiger partial charge on any atom is -0.468 e. The molecule has 0 atom stereocenters. The number of nitrogens with zero attached hydrogens (tertiary/aromatic N) is 1. The van der Waals surface area contributed by atoms with Gasteiger partial charge in [0, 0.05) is 25.3 Å². The van der Waals surface area contributed by atoms with Crippen LogP contribution in [0.1, 0.15) is 18.6 Å². The smallest absolute Gasteiger partial charge is 0.232 e. The molecule has 0 saturated heterocycles. The highest BCUT2D eigenvalue weighted by molar-refractivity contribution is 7.98. The first-order valence-electron chi connectivity index (χ1n) is 8.46. The average molecular weight is 415 g/mol. The summed E-state index contributed by atoms with van der Waals surface area (Å²) in [6.07, 6.45) is 3.31. The predicted octanol–water partition coefficient (Wildman–Crippen LogP) is 3.01. The number of furan rings is 1. The van der Waals surface area contributed by atoms with Crippen LogP contribution < -0.4 is 9.62 Å². The molecule has 1 heterocycles. The van der Waals surface area contributed by atoms with E-state index in [1.807, 2.05) is 12.1 Å². The van der Waals surface area contributed by atoms with Gasteiger partial charge in [-0.05, 0) is 42.8 Å². The summed E-state index contributed by atoms with van der Waals surface area (Å²) in [5, 5.41) is 2.81. The van der Waals surface area contributed by atoms with Crippen LogP contribution in [0, 0.1) is 5.82 Å². The van der Waals surface area contributed by atoms with Gasteiger partial charge in [0.2, 0.25) is 15.9 Å². The minimum atomic E-state index is -3.51. The first-order chi connectivity index (χ1) is 12.9. The molecule has 1 aromatic carbocycles. The highest BCUT2D eigenvalue weighted by Crippen LogP contribution is 2.18. The molecule has 0 aliphatic rings. The Bertz CT molecular complexity index is 808. The summed E-state index contributed by atoms with van der Waals surface area (Å²) < 4.78 is 43.3. The summed E-state index contributed by atoms with van der Waals surface area (Å²) in [5.74, 6) is 1.85. The van der Waals surface area contributed by atoms with Crippen molar-refractivity contribution in [3.05, 3.63) is 54.2 Å². The maximum atomic E-state index is 13.0. The number of thioether (sulfide) groups is 1. The van der Waals surface area contributed by atoms with Gasteiger partial charge in [-0.2, -0.15) is 11.8 Å². The van der Waals surface area contributed by atoms with Crippen LogP contribution in [0.3, 0.4) is 0 Å². The molecule has 0 fully saturated rings. The Labute approximate surface area is 163 Å². The number of anilines is 1. The number of hydrogen-bond acceptors (Lipinski definition) is 5. The van der Waals surface area contributed by atoms with Gasteiger partial charge < -0.3 is 9.73 Å². The third-order valence-electron chi connectivity index (χ3n) is 3.67. The van der Waals surface area contributed by atoms with Gasteiger partial charge in [-0.1, -0.05) is 0 Å². The van der Waals surface area contributed by atoms with E-state index in [1.54, 1.807) is 18.0 Å². The third kappa shape index (κ3) is 7.64. The second kappa shape index (κ2) is 10.4. The number of carbonyl (C=O) groups excluding carboxylic acids is 1. The van der Waals surface area contributed by atoms with Crippen LogP contribution in [-0.2, 0) is 20.6 Å². The van der Waals surface area contributed by atoms with Crippen LogP contribution in [0.15, 0.2) is 47.1 Å². The number of benzene rings is 1. The second-order valence-electron chi connectivity index (χ2n) is 5.90. The van der Waals surface area contributed by atoms with E-state index in [0.717, 1.165) is 23.5 Å². The lowest BCUT2D eigenvalue weighted by molar-refractivity contribution is -0.121.